The van der Waals surface area contributed by atoms with Crippen LogP contribution in [0.15, 0.2) is 48.5 Å². The Hall–Kier alpha value is -1.99. The van der Waals surface area contributed by atoms with E-state index in [1.165, 1.54) is 6.07 Å². The minimum atomic E-state index is -0.616. The number of benzene rings is 2. The Morgan fingerprint density at radius 1 is 1.06 bits per heavy atom. The third-order valence-electron chi connectivity index (χ3n) is 5.01. The van der Waals surface area contributed by atoms with Crippen LogP contribution in [-0.2, 0) is 0 Å². The summed E-state index contributed by atoms with van der Waals surface area (Å²) in [7, 11) is 1.60. The number of hydrogen-bond donors (Lipinski definition) is 1. The first-order valence-electron chi connectivity index (χ1n) is 9.94. The highest BCUT2D eigenvalue weighted by Gasteiger charge is 2.21. The van der Waals surface area contributed by atoms with E-state index in [1.807, 2.05) is 54.3 Å². The lowest BCUT2D eigenvalue weighted by Crippen LogP contribution is -2.49. The molecule has 5 nitrogen and oxygen atoms in total. The maximum absolute atomic E-state index is 13.9. The SMILES string of the molecule is CC=Cc1ccc(OCC(O)CN2CCN(c3ccccc3F)CC2)c(OC)c1.Cl.Cl. The maximum atomic E-state index is 13.9. The highest BCUT2D eigenvalue weighted by atomic mass is 35.5. The first-order chi connectivity index (χ1) is 14.1. The normalized spacial score (nSPS) is 15.2. The summed E-state index contributed by atoms with van der Waals surface area (Å²) in [5.74, 6) is 1.07. The minimum absolute atomic E-state index is 0. The molecule has 31 heavy (non-hydrogen) atoms. The van der Waals surface area contributed by atoms with Crippen LogP contribution in [-0.4, -0.2) is 62.6 Å². The van der Waals surface area contributed by atoms with Crippen molar-refractivity contribution in [3.05, 3.63) is 59.9 Å². The van der Waals surface area contributed by atoms with Gasteiger partial charge >= 0.3 is 0 Å². The van der Waals surface area contributed by atoms with Gasteiger partial charge in [-0.3, -0.25) is 4.90 Å². The summed E-state index contributed by atoms with van der Waals surface area (Å²) in [5, 5.41) is 10.4. The number of halogens is 3. The second kappa shape index (κ2) is 13.4. The van der Waals surface area contributed by atoms with Crippen LogP contribution in [0.4, 0.5) is 10.1 Å². The molecule has 1 unspecified atom stereocenters. The van der Waals surface area contributed by atoms with Gasteiger partial charge in [-0.1, -0.05) is 30.4 Å². The molecule has 1 N–H and O–H groups in total. The highest BCUT2D eigenvalue weighted by molar-refractivity contribution is 5.85. The number of rotatable bonds is 8. The van der Waals surface area contributed by atoms with E-state index in [2.05, 4.69) is 4.90 Å². The van der Waals surface area contributed by atoms with Crippen molar-refractivity contribution in [1.29, 1.82) is 0 Å². The Morgan fingerprint density at radius 3 is 2.42 bits per heavy atom. The molecule has 0 saturated carbocycles. The Kier molecular flexibility index (Phi) is 11.7. The standard InChI is InChI=1S/C23H29FN2O3.2ClH/c1-3-6-18-9-10-22(23(15-18)28-2)29-17-19(27)16-25-11-13-26(14-12-25)21-8-5-4-7-20(21)24;;/h3-10,15,19,27H,11-14,16-17H2,1-2H3;2*1H. The number of piperazine rings is 1. The summed E-state index contributed by atoms with van der Waals surface area (Å²) >= 11 is 0. The Bertz CT molecular complexity index is 830. The quantitative estimate of drug-likeness (QED) is 0.621. The van der Waals surface area contributed by atoms with E-state index in [-0.39, 0.29) is 37.2 Å². The number of aliphatic hydroxyl groups excluding tert-OH is 1. The molecule has 2 aromatic rings. The molecule has 2 aromatic carbocycles. The average Bonchev–Trinajstić information content (AvgIpc) is 2.74. The van der Waals surface area contributed by atoms with Gasteiger partial charge in [0.2, 0.25) is 0 Å². The topological polar surface area (TPSA) is 45.2 Å². The number of β-amino-alcohol motifs (C(OH)–C–C–N with tert-alkyl or cyclic N) is 1. The number of nitrogens with zero attached hydrogens (tertiary/aromatic N) is 2. The van der Waals surface area contributed by atoms with Crippen molar-refractivity contribution in [2.24, 2.45) is 0 Å². The molecule has 1 atom stereocenters. The average molecular weight is 473 g/mol. The fourth-order valence-corrected chi connectivity index (χ4v) is 3.52. The van der Waals surface area contributed by atoms with Crippen molar-refractivity contribution >= 4 is 36.6 Å². The van der Waals surface area contributed by atoms with Crippen molar-refractivity contribution in [2.75, 3.05) is 51.3 Å². The van der Waals surface area contributed by atoms with Crippen LogP contribution in [0.3, 0.4) is 0 Å². The van der Waals surface area contributed by atoms with Crippen molar-refractivity contribution in [3.8, 4) is 11.5 Å². The molecule has 8 heteroatoms. The van der Waals surface area contributed by atoms with Crippen LogP contribution in [0.5, 0.6) is 11.5 Å². The number of para-hydroxylation sites is 1. The molecule has 0 amide bonds. The molecule has 1 aliphatic heterocycles. The van der Waals surface area contributed by atoms with Crippen LogP contribution >= 0.6 is 24.8 Å². The van der Waals surface area contributed by atoms with Crippen LogP contribution in [0.25, 0.3) is 6.08 Å². The molecule has 3 rings (SSSR count). The fourth-order valence-electron chi connectivity index (χ4n) is 3.52. The Morgan fingerprint density at radius 2 is 1.77 bits per heavy atom. The van der Waals surface area contributed by atoms with Crippen LogP contribution in [0.1, 0.15) is 12.5 Å². The number of hydrogen-bond acceptors (Lipinski definition) is 5. The fraction of sp³-hybridized carbons (Fsp3) is 0.391. The van der Waals surface area contributed by atoms with Crippen molar-refractivity contribution in [3.63, 3.8) is 0 Å². The van der Waals surface area contributed by atoms with E-state index >= 15 is 0 Å². The zero-order valence-electron chi connectivity index (χ0n) is 17.9. The van der Waals surface area contributed by atoms with Gasteiger partial charge in [0.25, 0.3) is 0 Å². The summed E-state index contributed by atoms with van der Waals surface area (Å²) in [6, 6.07) is 12.6. The van der Waals surface area contributed by atoms with Gasteiger partial charge in [-0.05, 0) is 36.8 Å². The van der Waals surface area contributed by atoms with E-state index in [4.69, 9.17) is 9.47 Å². The number of ether oxygens (including phenoxy) is 2. The zero-order valence-corrected chi connectivity index (χ0v) is 19.5. The van der Waals surface area contributed by atoms with Crippen molar-refractivity contribution in [2.45, 2.75) is 13.0 Å². The van der Waals surface area contributed by atoms with E-state index in [9.17, 15) is 9.50 Å². The molecule has 1 aliphatic rings. The van der Waals surface area contributed by atoms with Gasteiger partial charge < -0.3 is 19.5 Å². The lowest BCUT2D eigenvalue weighted by atomic mass is 10.2. The lowest BCUT2D eigenvalue weighted by Gasteiger charge is -2.36. The molecule has 0 bridgehead atoms. The molecule has 1 heterocycles. The van der Waals surface area contributed by atoms with Crippen molar-refractivity contribution in [1.82, 2.24) is 4.90 Å². The van der Waals surface area contributed by atoms with Gasteiger partial charge in [0.05, 0.1) is 12.8 Å². The smallest absolute Gasteiger partial charge is 0.161 e. The number of methoxy groups -OCH3 is 1. The number of aliphatic hydroxyl groups is 1. The summed E-state index contributed by atoms with van der Waals surface area (Å²) in [4.78, 5) is 4.23. The first kappa shape index (κ1) is 27.0. The second-order valence-electron chi connectivity index (χ2n) is 7.11. The predicted octanol–water partition coefficient (Wildman–Crippen LogP) is 4.27. The summed E-state index contributed by atoms with van der Waals surface area (Å²) in [6.45, 7) is 5.67. The summed E-state index contributed by atoms with van der Waals surface area (Å²) in [6.07, 6.45) is 3.34. The number of allylic oxidation sites excluding steroid dienone is 1. The molecule has 172 valence electrons. The van der Waals surface area contributed by atoms with Crippen molar-refractivity contribution < 1.29 is 19.0 Å². The molecular weight excluding hydrogens is 442 g/mol. The summed E-state index contributed by atoms with van der Waals surface area (Å²) < 4.78 is 25.1. The van der Waals surface area contributed by atoms with E-state index in [0.29, 0.717) is 23.7 Å². The Labute approximate surface area is 196 Å². The predicted molar refractivity (Wildman–Crippen MR) is 129 cm³/mol. The molecule has 1 fully saturated rings. The van der Waals surface area contributed by atoms with Crippen LogP contribution in [0, 0.1) is 5.82 Å². The summed E-state index contributed by atoms with van der Waals surface area (Å²) in [5.41, 5.74) is 1.68. The molecule has 0 aromatic heterocycles. The van der Waals surface area contributed by atoms with E-state index < -0.39 is 6.10 Å². The highest BCUT2D eigenvalue weighted by Crippen LogP contribution is 2.28. The zero-order chi connectivity index (χ0) is 20.6. The van der Waals surface area contributed by atoms with Gasteiger partial charge in [0.15, 0.2) is 11.5 Å². The largest absolute Gasteiger partial charge is 0.493 e. The molecule has 0 spiro atoms. The molecule has 1 saturated heterocycles. The maximum Gasteiger partial charge on any atom is 0.161 e. The molecular formula is C23H31Cl2FN2O3. The molecule has 0 aliphatic carbocycles. The van der Waals surface area contributed by atoms with Gasteiger partial charge in [-0.2, -0.15) is 0 Å². The monoisotopic (exact) mass is 472 g/mol. The van der Waals surface area contributed by atoms with Gasteiger partial charge in [0, 0.05) is 32.7 Å². The third kappa shape index (κ3) is 7.58. The van der Waals surface area contributed by atoms with Gasteiger partial charge in [-0.25, -0.2) is 4.39 Å². The second-order valence-corrected chi connectivity index (χ2v) is 7.11. The van der Waals surface area contributed by atoms with Crippen LogP contribution in [0.2, 0.25) is 0 Å². The van der Waals surface area contributed by atoms with Crippen LogP contribution < -0.4 is 14.4 Å². The first-order valence-corrected chi connectivity index (χ1v) is 9.94. The minimum Gasteiger partial charge on any atom is -0.493 e. The number of anilines is 1. The Balaban J connectivity index is 0.00000240. The lowest BCUT2D eigenvalue weighted by molar-refractivity contribution is 0.0653. The van der Waals surface area contributed by atoms with Gasteiger partial charge in [-0.15, -0.1) is 24.8 Å². The van der Waals surface area contributed by atoms with E-state index in [1.54, 1.807) is 13.2 Å². The third-order valence-corrected chi connectivity index (χ3v) is 5.01. The molecule has 0 radical (unpaired) electrons. The van der Waals surface area contributed by atoms with E-state index in [0.717, 1.165) is 31.7 Å². The van der Waals surface area contributed by atoms with Gasteiger partial charge in [0.1, 0.15) is 18.5 Å².